The molecule has 2 aromatic rings. The maximum atomic E-state index is 9.81. The quantitative estimate of drug-likeness (QED) is 0.472. The number of hydrogen-bond acceptors (Lipinski definition) is 5. The van der Waals surface area contributed by atoms with Gasteiger partial charge in [0.25, 0.3) is 0 Å². The van der Waals surface area contributed by atoms with E-state index in [1.807, 2.05) is 76.2 Å². The molecular formula is C22H24B2Br2O5. The van der Waals surface area contributed by atoms with Crippen molar-refractivity contribution in [2.24, 2.45) is 0 Å². The van der Waals surface area contributed by atoms with Crippen LogP contribution in [0, 0.1) is 0 Å². The molecule has 0 atom stereocenters. The van der Waals surface area contributed by atoms with Gasteiger partial charge in [0.2, 0.25) is 0 Å². The normalized spacial score (nSPS) is 18.4. The zero-order chi connectivity index (χ0) is 22.8. The lowest BCUT2D eigenvalue weighted by Gasteiger charge is -2.32. The lowest BCUT2D eigenvalue weighted by molar-refractivity contribution is 0.00578. The van der Waals surface area contributed by atoms with Crippen molar-refractivity contribution < 1.29 is 24.1 Å². The first-order valence-electron chi connectivity index (χ1n) is 9.82. The van der Waals surface area contributed by atoms with Gasteiger partial charge in [0.05, 0.1) is 11.2 Å². The highest BCUT2D eigenvalue weighted by Gasteiger charge is 2.50. The molecule has 2 N–H and O–H groups in total. The summed E-state index contributed by atoms with van der Waals surface area (Å²) in [6.07, 6.45) is 3.65. The highest BCUT2D eigenvalue weighted by atomic mass is 79.9. The maximum Gasteiger partial charge on any atom is 0.552 e. The first-order chi connectivity index (χ1) is 14.5. The largest absolute Gasteiger partial charge is 0.552 e. The standard InChI is InChI=1S/C14H18BBrO3.C8H6BBrO2/c1-13(2)14(3,4)19-15(18-13)8-7-10-5-6-11(16)9-12(10)17;10-7-2-1-6-3-4-9(11)12-8(6)5-7/h5-9,17H,1-4H3;1-5,11H/b8-7+;. The van der Waals surface area contributed by atoms with Crippen LogP contribution in [0.2, 0.25) is 0 Å². The molecule has 1 saturated heterocycles. The van der Waals surface area contributed by atoms with E-state index in [1.54, 1.807) is 12.0 Å². The van der Waals surface area contributed by atoms with Crippen LogP contribution in [0.5, 0.6) is 11.5 Å². The van der Waals surface area contributed by atoms with E-state index in [4.69, 9.17) is 19.0 Å². The van der Waals surface area contributed by atoms with Crippen LogP contribution in [0.4, 0.5) is 0 Å². The van der Waals surface area contributed by atoms with Crippen LogP contribution in [0.25, 0.3) is 12.2 Å². The van der Waals surface area contributed by atoms with Crippen molar-refractivity contribution in [1.82, 2.24) is 0 Å². The summed E-state index contributed by atoms with van der Waals surface area (Å²) in [6, 6.07) is 11.1. The first kappa shape index (κ1) is 24.1. The number of fused-ring (bicyclic) bond motifs is 1. The van der Waals surface area contributed by atoms with Crippen molar-refractivity contribution in [3.05, 3.63) is 68.4 Å². The van der Waals surface area contributed by atoms with Crippen LogP contribution in [0.1, 0.15) is 38.8 Å². The van der Waals surface area contributed by atoms with E-state index in [-0.39, 0.29) is 17.0 Å². The average molecular weight is 550 g/mol. The van der Waals surface area contributed by atoms with E-state index >= 15 is 0 Å². The van der Waals surface area contributed by atoms with E-state index < -0.39 is 14.2 Å². The summed E-state index contributed by atoms with van der Waals surface area (Å²) in [4.78, 5) is 0. The lowest BCUT2D eigenvalue weighted by Crippen LogP contribution is -2.41. The van der Waals surface area contributed by atoms with Crippen LogP contribution < -0.4 is 4.65 Å². The molecule has 162 valence electrons. The maximum absolute atomic E-state index is 9.81. The van der Waals surface area contributed by atoms with E-state index in [0.29, 0.717) is 5.75 Å². The minimum absolute atomic E-state index is 0.224. The number of aromatic hydroxyl groups is 1. The predicted octanol–water partition coefficient (Wildman–Crippen LogP) is 5.67. The van der Waals surface area contributed by atoms with Gasteiger partial charge in [-0.15, -0.1) is 0 Å². The topological polar surface area (TPSA) is 68.2 Å². The van der Waals surface area contributed by atoms with E-state index in [1.165, 1.54) is 0 Å². The molecule has 0 unspecified atom stereocenters. The fourth-order valence-corrected chi connectivity index (χ4v) is 3.60. The minimum atomic E-state index is -0.813. The van der Waals surface area contributed by atoms with Gasteiger partial charge in [-0.2, -0.15) is 0 Å². The number of rotatable bonds is 2. The van der Waals surface area contributed by atoms with Crippen LogP contribution in [-0.4, -0.2) is 35.6 Å². The highest BCUT2D eigenvalue weighted by molar-refractivity contribution is 9.10. The molecule has 0 saturated carbocycles. The first-order valence-corrected chi connectivity index (χ1v) is 11.4. The molecule has 0 amide bonds. The molecule has 0 radical (unpaired) electrons. The van der Waals surface area contributed by atoms with Crippen molar-refractivity contribution in [2.75, 3.05) is 0 Å². The molecule has 2 aliphatic rings. The van der Waals surface area contributed by atoms with Crippen molar-refractivity contribution in [3.8, 4) is 11.5 Å². The van der Waals surface area contributed by atoms with Gasteiger partial charge in [-0.3, -0.25) is 0 Å². The van der Waals surface area contributed by atoms with Gasteiger partial charge >= 0.3 is 14.2 Å². The molecule has 2 aromatic carbocycles. The van der Waals surface area contributed by atoms with Gasteiger partial charge < -0.3 is 24.1 Å². The van der Waals surface area contributed by atoms with Crippen LogP contribution in [0.3, 0.4) is 0 Å². The van der Waals surface area contributed by atoms with Crippen molar-refractivity contribution in [2.45, 2.75) is 38.9 Å². The molecule has 1 fully saturated rings. The van der Waals surface area contributed by atoms with Gasteiger partial charge in [-0.1, -0.05) is 62.1 Å². The van der Waals surface area contributed by atoms with Crippen molar-refractivity contribution >= 4 is 58.2 Å². The Balaban J connectivity index is 0.000000194. The van der Waals surface area contributed by atoms with Crippen LogP contribution in [-0.2, 0) is 9.31 Å². The van der Waals surface area contributed by atoms with E-state index in [9.17, 15) is 5.11 Å². The molecule has 9 heteroatoms. The molecule has 4 rings (SSSR count). The summed E-state index contributed by atoms with van der Waals surface area (Å²) >= 11 is 6.63. The zero-order valence-corrected chi connectivity index (χ0v) is 21.0. The number of hydrogen-bond donors (Lipinski definition) is 2. The molecule has 2 aliphatic heterocycles. The highest BCUT2D eigenvalue weighted by Crippen LogP contribution is 2.37. The third-order valence-electron chi connectivity index (χ3n) is 5.36. The minimum Gasteiger partial charge on any atom is -0.532 e. The molecule has 31 heavy (non-hydrogen) atoms. The van der Waals surface area contributed by atoms with Gasteiger partial charge in [0, 0.05) is 20.1 Å². The Labute approximate surface area is 200 Å². The molecule has 2 heterocycles. The Hall–Kier alpha value is -1.51. The summed E-state index contributed by atoms with van der Waals surface area (Å²) in [5.41, 5.74) is 1.04. The number of phenolic OH excluding ortho intramolecular Hbond substituents is 1. The summed E-state index contributed by atoms with van der Waals surface area (Å²) in [7, 11) is -1.21. The average Bonchev–Trinajstić information content (AvgIpc) is 2.88. The van der Waals surface area contributed by atoms with Crippen LogP contribution >= 0.6 is 31.9 Å². The number of halogens is 2. The Morgan fingerprint density at radius 1 is 0.935 bits per heavy atom. The second-order valence-corrected chi connectivity index (χ2v) is 10.1. The predicted molar refractivity (Wildman–Crippen MR) is 133 cm³/mol. The monoisotopic (exact) mass is 548 g/mol. The summed E-state index contributed by atoms with van der Waals surface area (Å²) in [5.74, 6) is 4.36. The fraction of sp³-hybridized carbons (Fsp3) is 0.273. The smallest absolute Gasteiger partial charge is 0.532 e. The van der Waals surface area contributed by atoms with E-state index in [0.717, 1.165) is 20.1 Å². The zero-order valence-electron chi connectivity index (χ0n) is 17.8. The van der Waals surface area contributed by atoms with Crippen molar-refractivity contribution in [3.63, 3.8) is 0 Å². The third kappa shape index (κ3) is 6.05. The summed E-state index contributed by atoms with van der Waals surface area (Å²) in [6.45, 7) is 8.05. The molecular weight excluding hydrogens is 526 g/mol. The third-order valence-corrected chi connectivity index (χ3v) is 6.35. The van der Waals surface area contributed by atoms with Gasteiger partial charge in [-0.25, -0.2) is 0 Å². The summed E-state index contributed by atoms with van der Waals surface area (Å²) < 4.78 is 18.6. The van der Waals surface area contributed by atoms with Gasteiger partial charge in [0.1, 0.15) is 11.5 Å². The van der Waals surface area contributed by atoms with Crippen LogP contribution in [0.15, 0.2) is 57.3 Å². The Kier molecular flexibility index (Phi) is 7.43. The van der Waals surface area contributed by atoms with E-state index in [2.05, 4.69) is 31.9 Å². The molecule has 5 nitrogen and oxygen atoms in total. The lowest BCUT2D eigenvalue weighted by atomic mass is 9.86. The number of benzene rings is 2. The fourth-order valence-electron chi connectivity index (χ4n) is 2.91. The number of phenols is 1. The summed E-state index contributed by atoms with van der Waals surface area (Å²) in [5, 5.41) is 18.9. The second kappa shape index (κ2) is 9.55. The molecule has 0 bridgehead atoms. The molecule has 0 spiro atoms. The molecule has 0 aliphatic carbocycles. The Morgan fingerprint density at radius 3 is 2.19 bits per heavy atom. The molecule has 0 aromatic heterocycles. The second-order valence-electron chi connectivity index (χ2n) is 8.24. The van der Waals surface area contributed by atoms with Gasteiger partial charge in [0.15, 0.2) is 0 Å². The van der Waals surface area contributed by atoms with Gasteiger partial charge in [-0.05, 0) is 57.9 Å². The SMILES string of the molecule is CC1(C)OB(/C=C/c2ccc(Br)cc2O)OC1(C)C.OB1C=Cc2ccc(Br)cc2O1. The Bertz CT molecular complexity index is 991. The Morgan fingerprint density at radius 2 is 1.55 bits per heavy atom. The van der Waals surface area contributed by atoms with Crippen molar-refractivity contribution in [1.29, 1.82) is 0 Å².